The number of carbonyl (C=O) groups is 1. The summed E-state index contributed by atoms with van der Waals surface area (Å²) in [5, 5.41) is 3.42. The molecule has 3 aromatic carbocycles. The molecule has 1 amide bonds. The topological polar surface area (TPSA) is 86.6 Å². The maximum Gasteiger partial charge on any atom is 0.244 e. The van der Waals surface area contributed by atoms with Gasteiger partial charge in [0.2, 0.25) is 5.91 Å². The number of nitrogens with one attached hydrogen (secondary N) is 1. The van der Waals surface area contributed by atoms with E-state index in [4.69, 9.17) is 9.47 Å². The van der Waals surface area contributed by atoms with Gasteiger partial charge in [0.15, 0.2) is 9.84 Å². The molecule has 4 aromatic rings. The Hall–Kier alpha value is -3.78. The summed E-state index contributed by atoms with van der Waals surface area (Å²) in [6, 6.07) is 19.7. The minimum Gasteiger partial charge on any atom is -0.497 e. The van der Waals surface area contributed by atoms with Crippen molar-refractivity contribution in [2.45, 2.75) is 24.1 Å². The van der Waals surface area contributed by atoms with Crippen LogP contribution in [0.15, 0.2) is 77.8 Å². The standard InChI is InChI=1S/C26H26N2O5S/c1-18-8-10-19(11-9-18)17-34(30,31)25-15-28(24-7-5-4-6-23(24)25)16-26(29)27-20-12-21(32-2)14-22(13-20)33-3/h4-15H,16-17H2,1-3H3,(H,27,29). The van der Waals surface area contributed by atoms with E-state index in [-0.39, 0.29) is 23.1 Å². The van der Waals surface area contributed by atoms with Gasteiger partial charge in [-0.25, -0.2) is 8.42 Å². The van der Waals surface area contributed by atoms with Crippen LogP contribution in [0.5, 0.6) is 11.5 Å². The number of methoxy groups -OCH3 is 2. The van der Waals surface area contributed by atoms with Gasteiger partial charge < -0.3 is 19.4 Å². The molecule has 4 rings (SSSR count). The first kappa shape index (κ1) is 23.4. The van der Waals surface area contributed by atoms with E-state index in [1.165, 1.54) is 14.2 Å². The number of aryl methyl sites for hydroxylation is 1. The molecule has 34 heavy (non-hydrogen) atoms. The smallest absolute Gasteiger partial charge is 0.244 e. The maximum absolute atomic E-state index is 13.3. The molecule has 1 aromatic heterocycles. The molecule has 0 saturated carbocycles. The monoisotopic (exact) mass is 478 g/mol. The summed E-state index contributed by atoms with van der Waals surface area (Å²) in [4.78, 5) is 13.1. The molecular weight excluding hydrogens is 452 g/mol. The molecule has 0 aliphatic heterocycles. The number of carbonyl (C=O) groups excluding carboxylic acids is 1. The van der Waals surface area contributed by atoms with Crippen LogP contribution in [-0.4, -0.2) is 33.1 Å². The molecule has 1 N–H and O–H groups in total. The molecule has 0 aliphatic rings. The van der Waals surface area contributed by atoms with Gasteiger partial charge in [-0.05, 0) is 18.6 Å². The lowest BCUT2D eigenvalue weighted by Crippen LogP contribution is -2.18. The summed E-state index contributed by atoms with van der Waals surface area (Å²) < 4.78 is 38.7. The van der Waals surface area contributed by atoms with Crippen LogP contribution in [0.4, 0.5) is 5.69 Å². The SMILES string of the molecule is COc1cc(NC(=O)Cn2cc(S(=O)(=O)Cc3ccc(C)cc3)c3ccccc32)cc(OC)c1. The third-order valence-electron chi connectivity index (χ3n) is 5.51. The molecule has 8 heteroatoms. The average Bonchev–Trinajstić information content (AvgIpc) is 3.19. The number of ether oxygens (including phenoxy) is 2. The summed E-state index contributed by atoms with van der Waals surface area (Å²) in [6.45, 7) is 1.90. The molecule has 0 fully saturated rings. The van der Waals surface area contributed by atoms with Crippen LogP contribution in [-0.2, 0) is 26.9 Å². The van der Waals surface area contributed by atoms with Crippen molar-refractivity contribution in [2.75, 3.05) is 19.5 Å². The number of aromatic nitrogens is 1. The lowest BCUT2D eigenvalue weighted by molar-refractivity contribution is -0.116. The average molecular weight is 479 g/mol. The number of hydrogen-bond acceptors (Lipinski definition) is 5. The first-order valence-corrected chi connectivity index (χ1v) is 12.3. The van der Waals surface area contributed by atoms with Gasteiger partial charge in [0.25, 0.3) is 0 Å². The predicted molar refractivity (Wildman–Crippen MR) is 132 cm³/mol. The summed E-state index contributed by atoms with van der Waals surface area (Å²) in [5.74, 6) is 0.673. The number of sulfone groups is 1. The van der Waals surface area contributed by atoms with E-state index in [2.05, 4.69) is 5.32 Å². The van der Waals surface area contributed by atoms with E-state index in [9.17, 15) is 13.2 Å². The Kier molecular flexibility index (Phi) is 6.61. The highest BCUT2D eigenvalue weighted by atomic mass is 32.2. The molecular formula is C26H26N2O5S. The molecule has 0 atom stereocenters. The van der Waals surface area contributed by atoms with Crippen LogP contribution in [0.2, 0.25) is 0 Å². The highest BCUT2D eigenvalue weighted by Crippen LogP contribution is 2.29. The Balaban J connectivity index is 1.62. The van der Waals surface area contributed by atoms with Crippen LogP contribution >= 0.6 is 0 Å². The van der Waals surface area contributed by atoms with Gasteiger partial charge in [-0.15, -0.1) is 0 Å². The molecule has 1 heterocycles. The van der Waals surface area contributed by atoms with E-state index in [1.54, 1.807) is 41.1 Å². The highest BCUT2D eigenvalue weighted by Gasteiger charge is 2.22. The molecule has 0 saturated heterocycles. The summed E-state index contributed by atoms with van der Waals surface area (Å²) >= 11 is 0. The normalized spacial score (nSPS) is 11.4. The van der Waals surface area contributed by atoms with Gasteiger partial charge >= 0.3 is 0 Å². The van der Waals surface area contributed by atoms with Crippen molar-refractivity contribution in [3.63, 3.8) is 0 Å². The Labute approximate surface area is 198 Å². The van der Waals surface area contributed by atoms with Crippen molar-refractivity contribution < 1.29 is 22.7 Å². The zero-order chi connectivity index (χ0) is 24.3. The maximum atomic E-state index is 13.3. The molecule has 7 nitrogen and oxygen atoms in total. The van der Waals surface area contributed by atoms with Crippen molar-refractivity contribution in [3.8, 4) is 11.5 Å². The van der Waals surface area contributed by atoms with Crippen LogP contribution < -0.4 is 14.8 Å². The Morgan fingerprint density at radius 1 is 0.941 bits per heavy atom. The second-order valence-corrected chi connectivity index (χ2v) is 9.99. The fourth-order valence-corrected chi connectivity index (χ4v) is 5.39. The number of amides is 1. The van der Waals surface area contributed by atoms with Crippen LogP contribution in [0.1, 0.15) is 11.1 Å². The zero-order valence-electron chi connectivity index (χ0n) is 19.2. The van der Waals surface area contributed by atoms with Crippen molar-refractivity contribution in [1.82, 2.24) is 4.57 Å². The largest absolute Gasteiger partial charge is 0.497 e. The number of benzene rings is 3. The predicted octanol–water partition coefficient (Wildman–Crippen LogP) is 4.58. The van der Waals surface area contributed by atoms with E-state index in [0.29, 0.717) is 33.7 Å². The van der Waals surface area contributed by atoms with Crippen molar-refractivity contribution in [2.24, 2.45) is 0 Å². The van der Waals surface area contributed by atoms with Crippen molar-refractivity contribution in [1.29, 1.82) is 0 Å². The third kappa shape index (κ3) is 5.07. The summed E-state index contributed by atoms with van der Waals surface area (Å²) in [6.07, 6.45) is 1.54. The second kappa shape index (κ2) is 9.61. The first-order chi connectivity index (χ1) is 16.3. The second-order valence-electron chi connectivity index (χ2n) is 8.03. The molecule has 176 valence electrons. The van der Waals surface area contributed by atoms with E-state index < -0.39 is 9.84 Å². The van der Waals surface area contributed by atoms with Gasteiger partial charge in [-0.1, -0.05) is 48.0 Å². The summed E-state index contributed by atoms with van der Waals surface area (Å²) in [5.41, 5.74) is 2.97. The van der Waals surface area contributed by atoms with Crippen LogP contribution in [0, 0.1) is 6.92 Å². The number of nitrogens with zero attached hydrogens (tertiary/aromatic N) is 1. The van der Waals surface area contributed by atoms with Gasteiger partial charge in [0.05, 0.1) is 24.9 Å². The fourth-order valence-electron chi connectivity index (χ4n) is 3.81. The minimum atomic E-state index is -3.63. The van der Waals surface area contributed by atoms with Gasteiger partial charge in [-0.2, -0.15) is 0 Å². The molecule has 0 spiro atoms. The van der Waals surface area contributed by atoms with E-state index >= 15 is 0 Å². The van der Waals surface area contributed by atoms with E-state index in [1.807, 2.05) is 43.3 Å². The molecule has 0 aliphatic carbocycles. The van der Waals surface area contributed by atoms with E-state index in [0.717, 1.165) is 5.56 Å². The lowest BCUT2D eigenvalue weighted by Gasteiger charge is -2.10. The minimum absolute atomic E-state index is 0.0555. The number of rotatable bonds is 8. The summed E-state index contributed by atoms with van der Waals surface area (Å²) in [7, 11) is -0.565. The Morgan fingerprint density at radius 3 is 2.24 bits per heavy atom. The number of para-hydroxylation sites is 1. The number of hydrogen-bond donors (Lipinski definition) is 1. The van der Waals surface area contributed by atoms with Gasteiger partial charge in [0, 0.05) is 41.0 Å². The van der Waals surface area contributed by atoms with Crippen LogP contribution in [0.25, 0.3) is 10.9 Å². The first-order valence-electron chi connectivity index (χ1n) is 10.7. The third-order valence-corrected chi connectivity index (χ3v) is 7.22. The lowest BCUT2D eigenvalue weighted by atomic mass is 10.2. The molecule has 0 radical (unpaired) electrons. The molecule has 0 bridgehead atoms. The van der Waals surface area contributed by atoms with Crippen molar-refractivity contribution >= 4 is 32.3 Å². The Bertz CT molecular complexity index is 1420. The van der Waals surface area contributed by atoms with Crippen molar-refractivity contribution in [3.05, 3.63) is 84.1 Å². The zero-order valence-corrected chi connectivity index (χ0v) is 20.1. The molecule has 0 unspecified atom stereocenters. The Morgan fingerprint density at radius 2 is 1.59 bits per heavy atom. The number of fused-ring (bicyclic) bond motifs is 1. The van der Waals surface area contributed by atoms with Gasteiger partial charge in [0.1, 0.15) is 18.0 Å². The van der Waals surface area contributed by atoms with Gasteiger partial charge in [-0.3, -0.25) is 4.79 Å². The fraction of sp³-hybridized carbons (Fsp3) is 0.192. The number of anilines is 1. The highest BCUT2D eigenvalue weighted by molar-refractivity contribution is 7.90. The quantitative estimate of drug-likeness (QED) is 0.401. The van der Waals surface area contributed by atoms with Crippen LogP contribution in [0.3, 0.4) is 0 Å².